The van der Waals surface area contributed by atoms with Crippen LogP contribution >= 0.6 is 0 Å². The first-order valence-corrected chi connectivity index (χ1v) is 7.20. The third kappa shape index (κ3) is 2.43. The van der Waals surface area contributed by atoms with Gasteiger partial charge in [-0.2, -0.15) is 0 Å². The summed E-state index contributed by atoms with van der Waals surface area (Å²) >= 11 is 0. The molecule has 1 heterocycles. The van der Waals surface area contributed by atoms with Crippen LogP contribution in [0.3, 0.4) is 0 Å². The van der Waals surface area contributed by atoms with Crippen LogP contribution in [-0.4, -0.2) is 21.4 Å². The van der Waals surface area contributed by atoms with Crippen LogP contribution in [0.2, 0.25) is 0 Å². The zero-order chi connectivity index (χ0) is 16.6. The van der Waals surface area contributed by atoms with Gasteiger partial charge in [0.05, 0.1) is 5.52 Å². The van der Waals surface area contributed by atoms with Crippen molar-refractivity contribution < 1.29 is 14.7 Å². The van der Waals surface area contributed by atoms with Gasteiger partial charge in [-0.1, -0.05) is 6.92 Å². The second-order valence-electron chi connectivity index (χ2n) is 5.50. The van der Waals surface area contributed by atoms with Crippen LogP contribution in [0.15, 0.2) is 16.9 Å². The van der Waals surface area contributed by atoms with Gasteiger partial charge in [-0.3, -0.25) is 9.59 Å². The van der Waals surface area contributed by atoms with Gasteiger partial charge in [-0.25, -0.2) is 4.79 Å². The van der Waals surface area contributed by atoms with E-state index in [1.807, 2.05) is 20.8 Å². The Morgan fingerprint density at radius 3 is 2.36 bits per heavy atom. The molecule has 1 N–H and O–H groups in total. The summed E-state index contributed by atoms with van der Waals surface area (Å²) in [5.41, 5.74) is 2.23. The van der Waals surface area contributed by atoms with Crippen LogP contribution in [0.5, 0.6) is 0 Å². The maximum absolute atomic E-state index is 12.3. The highest BCUT2D eigenvalue weighted by atomic mass is 16.4. The first kappa shape index (κ1) is 15.9. The lowest BCUT2D eigenvalue weighted by Gasteiger charge is -2.16. The quantitative estimate of drug-likeness (QED) is 0.881. The molecule has 0 unspecified atom stereocenters. The maximum atomic E-state index is 12.3. The molecule has 22 heavy (non-hydrogen) atoms. The molecule has 0 aliphatic carbocycles. The SMILES string of the molecule is CCCC(=O)c1cc2c(=O)cc(C(=O)O)n(C)c2c(C)c1C. The molecule has 0 aliphatic heterocycles. The Morgan fingerprint density at radius 2 is 1.82 bits per heavy atom. The predicted molar refractivity (Wildman–Crippen MR) is 84.9 cm³/mol. The number of hydrogen-bond acceptors (Lipinski definition) is 3. The van der Waals surface area contributed by atoms with Crippen LogP contribution in [0, 0.1) is 13.8 Å². The standard InChI is InChI=1S/C17H19NO4/c1-5-6-14(19)11-7-12-15(20)8-13(17(21)22)18(4)16(12)10(3)9(11)2/h7-8H,5-6H2,1-4H3,(H,21,22). The third-order valence-electron chi connectivity index (χ3n) is 4.09. The fourth-order valence-electron chi connectivity index (χ4n) is 2.80. The lowest BCUT2D eigenvalue weighted by Crippen LogP contribution is -2.18. The molecular weight excluding hydrogens is 282 g/mol. The molecule has 0 spiro atoms. The summed E-state index contributed by atoms with van der Waals surface area (Å²) in [5, 5.41) is 9.59. The maximum Gasteiger partial charge on any atom is 0.352 e. The van der Waals surface area contributed by atoms with E-state index < -0.39 is 5.97 Å². The molecule has 0 fully saturated rings. The Bertz CT molecular complexity index is 846. The van der Waals surface area contributed by atoms with Crippen molar-refractivity contribution >= 4 is 22.7 Å². The number of Topliss-reactive ketones (excluding diaryl/α,β-unsaturated/α-hetero) is 1. The van der Waals surface area contributed by atoms with Gasteiger partial charge in [0, 0.05) is 30.5 Å². The number of hydrogen-bond donors (Lipinski definition) is 1. The largest absolute Gasteiger partial charge is 0.477 e. The third-order valence-corrected chi connectivity index (χ3v) is 4.09. The molecular formula is C17H19NO4. The molecule has 1 aromatic heterocycles. The van der Waals surface area contributed by atoms with Gasteiger partial charge in [0.25, 0.3) is 0 Å². The highest BCUT2D eigenvalue weighted by Gasteiger charge is 2.18. The first-order chi connectivity index (χ1) is 10.3. The summed E-state index contributed by atoms with van der Waals surface area (Å²) in [5.74, 6) is -1.14. The molecule has 2 rings (SSSR count). The number of carboxylic acid groups (broad SMARTS) is 1. The summed E-state index contributed by atoms with van der Waals surface area (Å²) in [6.07, 6.45) is 1.17. The summed E-state index contributed by atoms with van der Waals surface area (Å²) in [4.78, 5) is 35.8. The Labute approximate surface area is 128 Å². The Kier molecular flexibility index (Phi) is 4.17. The number of rotatable bonds is 4. The minimum atomic E-state index is -1.15. The summed E-state index contributed by atoms with van der Waals surface area (Å²) in [6, 6.07) is 2.71. The predicted octanol–water partition coefficient (Wildman–Crippen LogP) is 2.84. The topological polar surface area (TPSA) is 76.4 Å². The van der Waals surface area contributed by atoms with E-state index in [4.69, 9.17) is 0 Å². The van der Waals surface area contributed by atoms with E-state index in [9.17, 15) is 19.5 Å². The Hall–Kier alpha value is -2.43. The molecule has 1 aromatic carbocycles. The van der Waals surface area contributed by atoms with Gasteiger partial charge in [0.2, 0.25) is 0 Å². The smallest absolute Gasteiger partial charge is 0.352 e. The zero-order valence-electron chi connectivity index (χ0n) is 13.2. The summed E-state index contributed by atoms with van der Waals surface area (Å²) < 4.78 is 1.50. The first-order valence-electron chi connectivity index (χ1n) is 7.20. The van der Waals surface area contributed by atoms with Crippen LogP contribution < -0.4 is 5.43 Å². The van der Waals surface area contributed by atoms with E-state index in [1.165, 1.54) is 4.57 Å². The number of carboxylic acids is 1. The van der Waals surface area contributed by atoms with Crippen LogP contribution in [-0.2, 0) is 7.05 Å². The van der Waals surface area contributed by atoms with Gasteiger partial charge in [0.1, 0.15) is 5.69 Å². The Balaban J connectivity index is 2.91. The van der Waals surface area contributed by atoms with Gasteiger partial charge in [-0.05, 0) is 37.5 Å². The second-order valence-corrected chi connectivity index (χ2v) is 5.50. The number of nitrogens with zero attached hydrogens (tertiary/aromatic N) is 1. The van der Waals surface area contributed by atoms with E-state index in [0.29, 0.717) is 22.9 Å². The number of carbonyl (C=O) groups is 2. The number of ketones is 1. The van der Waals surface area contributed by atoms with Crippen LogP contribution in [0.25, 0.3) is 10.9 Å². The normalized spacial score (nSPS) is 10.9. The minimum Gasteiger partial charge on any atom is -0.477 e. The molecule has 0 radical (unpaired) electrons. The molecule has 116 valence electrons. The van der Waals surface area contributed by atoms with Gasteiger partial charge in [0.15, 0.2) is 11.2 Å². The van der Waals surface area contributed by atoms with Gasteiger partial charge < -0.3 is 9.67 Å². The summed E-state index contributed by atoms with van der Waals surface area (Å²) in [6.45, 7) is 5.57. The number of carbonyl (C=O) groups excluding carboxylic acids is 1. The molecule has 0 atom stereocenters. The van der Waals surface area contributed by atoms with Crippen molar-refractivity contribution in [3.63, 3.8) is 0 Å². The van der Waals surface area contributed by atoms with Crippen molar-refractivity contribution in [1.29, 1.82) is 0 Å². The van der Waals surface area contributed by atoms with Crippen molar-refractivity contribution in [2.45, 2.75) is 33.6 Å². The van der Waals surface area contributed by atoms with Crippen LogP contribution in [0.4, 0.5) is 0 Å². The van der Waals surface area contributed by atoms with E-state index in [0.717, 1.165) is 23.6 Å². The minimum absolute atomic E-state index is 0.00867. The zero-order valence-corrected chi connectivity index (χ0v) is 13.2. The van der Waals surface area contributed by atoms with Crippen LogP contribution in [0.1, 0.15) is 51.7 Å². The number of aryl methyl sites for hydroxylation is 2. The van der Waals surface area contributed by atoms with Crippen molar-refractivity contribution in [1.82, 2.24) is 4.57 Å². The van der Waals surface area contributed by atoms with Crippen molar-refractivity contribution in [3.8, 4) is 0 Å². The molecule has 2 aromatic rings. The number of aromatic nitrogens is 1. The van der Waals surface area contributed by atoms with E-state index in [2.05, 4.69) is 0 Å². The molecule has 0 saturated carbocycles. The molecule has 5 heteroatoms. The lowest BCUT2D eigenvalue weighted by molar-refractivity contribution is 0.0686. The van der Waals surface area contributed by atoms with Crippen molar-refractivity contribution in [3.05, 3.63) is 44.7 Å². The summed E-state index contributed by atoms with van der Waals surface area (Å²) in [7, 11) is 1.62. The molecule has 0 aliphatic rings. The fourth-order valence-corrected chi connectivity index (χ4v) is 2.80. The number of fused-ring (bicyclic) bond motifs is 1. The van der Waals surface area contributed by atoms with E-state index in [1.54, 1.807) is 13.1 Å². The number of pyridine rings is 1. The highest BCUT2D eigenvalue weighted by Crippen LogP contribution is 2.25. The highest BCUT2D eigenvalue weighted by molar-refractivity contribution is 6.02. The molecule has 0 saturated heterocycles. The van der Waals surface area contributed by atoms with E-state index in [-0.39, 0.29) is 16.9 Å². The second kappa shape index (κ2) is 5.75. The number of benzene rings is 1. The Morgan fingerprint density at radius 1 is 1.18 bits per heavy atom. The van der Waals surface area contributed by atoms with E-state index >= 15 is 0 Å². The lowest BCUT2D eigenvalue weighted by atomic mass is 9.94. The molecule has 0 amide bonds. The van der Waals surface area contributed by atoms with Crippen molar-refractivity contribution in [2.24, 2.45) is 7.05 Å². The molecule has 0 bridgehead atoms. The fraction of sp³-hybridized carbons (Fsp3) is 0.353. The monoisotopic (exact) mass is 301 g/mol. The van der Waals surface area contributed by atoms with Gasteiger partial charge in [-0.15, -0.1) is 0 Å². The number of aromatic carboxylic acids is 1. The van der Waals surface area contributed by atoms with Gasteiger partial charge >= 0.3 is 5.97 Å². The average molecular weight is 301 g/mol. The molecule has 5 nitrogen and oxygen atoms in total. The van der Waals surface area contributed by atoms with Crippen molar-refractivity contribution in [2.75, 3.05) is 0 Å². The average Bonchev–Trinajstić information content (AvgIpc) is 2.45.